The highest BCUT2D eigenvalue weighted by Crippen LogP contribution is 2.31. The van der Waals surface area contributed by atoms with Crippen LogP contribution in [0.2, 0.25) is 0 Å². The molecule has 1 aliphatic rings. The highest BCUT2D eigenvalue weighted by molar-refractivity contribution is 5.63. The van der Waals surface area contributed by atoms with E-state index >= 15 is 0 Å². The summed E-state index contributed by atoms with van der Waals surface area (Å²) in [6.07, 6.45) is 0.805. The topological polar surface area (TPSA) is 49.5 Å². The summed E-state index contributed by atoms with van der Waals surface area (Å²) in [5.41, 5.74) is 2.87. The molecule has 0 unspecified atom stereocenters. The summed E-state index contributed by atoms with van der Waals surface area (Å²) in [5.74, 6) is -0.995. The van der Waals surface area contributed by atoms with Crippen LogP contribution in [-0.4, -0.2) is 28.3 Å². The van der Waals surface area contributed by atoms with Gasteiger partial charge in [0.1, 0.15) is 11.5 Å². The van der Waals surface area contributed by atoms with Crippen LogP contribution in [0.15, 0.2) is 53.1 Å². The smallest absolute Gasteiger partial charge is 0.159 e. The van der Waals surface area contributed by atoms with Gasteiger partial charge in [-0.25, -0.2) is 8.78 Å². The zero-order chi connectivity index (χ0) is 18.8. The summed E-state index contributed by atoms with van der Waals surface area (Å²) in [6.45, 7) is 2.13. The lowest BCUT2D eigenvalue weighted by atomic mass is 10.0. The maximum absolute atomic E-state index is 13.6. The average molecular weight is 370 g/mol. The third-order valence-electron chi connectivity index (χ3n) is 5.00. The van der Waals surface area contributed by atoms with E-state index in [4.69, 9.17) is 4.52 Å². The number of fused-ring (bicyclic) bond motifs is 1. The van der Waals surface area contributed by atoms with E-state index in [0.29, 0.717) is 30.6 Å². The molecule has 0 amide bonds. The molecule has 2 heterocycles. The molecule has 0 bridgehead atoms. The molecule has 1 aromatic heterocycles. The van der Waals surface area contributed by atoms with Crippen molar-refractivity contribution in [1.29, 1.82) is 0 Å². The molecule has 0 saturated carbocycles. The Kier molecular flexibility index (Phi) is 5.01. The highest BCUT2D eigenvalue weighted by Gasteiger charge is 2.25. The van der Waals surface area contributed by atoms with Gasteiger partial charge >= 0.3 is 0 Å². The van der Waals surface area contributed by atoms with Crippen LogP contribution < -0.4 is 0 Å². The molecule has 1 atom stereocenters. The van der Waals surface area contributed by atoms with Crippen LogP contribution in [0.5, 0.6) is 0 Å². The SMILES string of the molecule is O[C@H](CCN1CCc2onc(-c3ccc(F)c(F)c3)c2C1)c1ccccc1. The average Bonchev–Trinajstić information content (AvgIpc) is 3.12. The first-order chi connectivity index (χ1) is 13.1. The minimum atomic E-state index is -0.900. The molecule has 4 nitrogen and oxygen atoms in total. The Bertz CT molecular complexity index is 927. The van der Waals surface area contributed by atoms with Gasteiger partial charge in [-0.1, -0.05) is 35.5 Å². The van der Waals surface area contributed by atoms with E-state index in [0.717, 1.165) is 42.1 Å². The summed E-state index contributed by atoms with van der Waals surface area (Å²) in [7, 11) is 0. The lowest BCUT2D eigenvalue weighted by molar-refractivity contribution is 0.135. The zero-order valence-electron chi connectivity index (χ0n) is 14.7. The Labute approximate surface area is 156 Å². The summed E-state index contributed by atoms with van der Waals surface area (Å²) < 4.78 is 32.2. The van der Waals surface area contributed by atoms with E-state index in [1.54, 1.807) is 0 Å². The monoisotopic (exact) mass is 370 g/mol. The van der Waals surface area contributed by atoms with Gasteiger partial charge in [0.15, 0.2) is 11.6 Å². The molecule has 3 aromatic rings. The number of benzene rings is 2. The molecule has 0 spiro atoms. The van der Waals surface area contributed by atoms with E-state index in [9.17, 15) is 13.9 Å². The Morgan fingerprint density at radius 1 is 1.11 bits per heavy atom. The predicted octanol–water partition coefficient (Wildman–Crippen LogP) is 4.10. The van der Waals surface area contributed by atoms with Gasteiger partial charge in [-0.3, -0.25) is 4.90 Å². The Morgan fingerprint density at radius 3 is 2.70 bits per heavy atom. The van der Waals surface area contributed by atoms with Crippen LogP contribution in [0.3, 0.4) is 0 Å². The van der Waals surface area contributed by atoms with Gasteiger partial charge in [0.25, 0.3) is 0 Å². The van der Waals surface area contributed by atoms with Crippen molar-refractivity contribution in [2.45, 2.75) is 25.5 Å². The first-order valence-corrected chi connectivity index (χ1v) is 9.00. The number of aromatic nitrogens is 1. The molecule has 0 fully saturated rings. The van der Waals surface area contributed by atoms with Crippen LogP contribution >= 0.6 is 0 Å². The van der Waals surface area contributed by atoms with Crippen molar-refractivity contribution in [3.8, 4) is 11.3 Å². The maximum atomic E-state index is 13.6. The summed E-state index contributed by atoms with van der Waals surface area (Å²) in [5, 5.41) is 14.4. The molecule has 27 heavy (non-hydrogen) atoms. The second-order valence-electron chi connectivity index (χ2n) is 6.80. The van der Waals surface area contributed by atoms with Crippen molar-refractivity contribution in [2.75, 3.05) is 13.1 Å². The highest BCUT2D eigenvalue weighted by atomic mass is 19.2. The van der Waals surface area contributed by atoms with E-state index < -0.39 is 17.7 Å². The summed E-state index contributed by atoms with van der Waals surface area (Å²) in [4.78, 5) is 2.22. The van der Waals surface area contributed by atoms with Gasteiger partial charge in [-0.15, -0.1) is 0 Å². The van der Waals surface area contributed by atoms with Crippen LogP contribution in [-0.2, 0) is 13.0 Å². The largest absolute Gasteiger partial charge is 0.388 e. The molecule has 6 heteroatoms. The van der Waals surface area contributed by atoms with Crippen molar-refractivity contribution < 1.29 is 18.4 Å². The van der Waals surface area contributed by atoms with Gasteiger partial charge in [-0.05, 0) is 30.2 Å². The number of hydrogen-bond donors (Lipinski definition) is 1. The van der Waals surface area contributed by atoms with E-state index in [1.807, 2.05) is 30.3 Å². The Morgan fingerprint density at radius 2 is 1.93 bits per heavy atom. The van der Waals surface area contributed by atoms with Crippen LogP contribution in [0.4, 0.5) is 8.78 Å². The van der Waals surface area contributed by atoms with Crippen molar-refractivity contribution in [2.24, 2.45) is 0 Å². The number of aliphatic hydroxyl groups excluding tert-OH is 1. The zero-order valence-corrected chi connectivity index (χ0v) is 14.7. The van der Waals surface area contributed by atoms with Crippen molar-refractivity contribution in [1.82, 2.24) is 10.1 Å². The first kappa shape index (κ1) is 17.8. The predicted molar refractivity (Wildman–Crippen MR) is 96.9 cm³/mol. The number of halogens is 2. The van der Waals surface area contributed by atoms with Crippen LogP contribution in [0.1, 0.15) is 29.4 Å². The molecule has 1 N–H and O–H groups in total. The van der Waals surface area contributed by atoms with Crippen LogP contribution in [0, 0.1) is 11.6 Å². The third-order valence-corrected chi connectivity index (χ3v) is 5.00. The Balaban J connectivity index is 1.46. The van der Waals surface area contributed by atoms with Crippen molar-refractivity contribution in [3.05, 3.63) is 77.1 Å². The van der Waals surface area contributed by atoms with E-state index in [-0.39, 0.29) is 0 Å². The van der Waals surface area contributed by atoms with E-state index in [2.05, 4.69) is 10.1 Å². The second kappa shape index (κ2) is 7.58. The normalized spacial score (nSPS) is 15.5. The number of aliphatic hydroxyl groups is 1. The lowest BCUT2D eigenvalue weighted by Gasteiger charge is -2.27. The molecule has 2 aromatic carbocycles. The molecule has 1 aliphatic heterocycles. The minimum absolute atomic E-state index is 0.505. The molecule has 140 valence electrons. The fourth-order valence-corrected chi connectivity index (χ4v) is 3.47. The third kappa shape index (κ3) is 3.77. The fourth-order valence-electron chi connectivity index (χ4n) is 3.47. The van der Waals surface area contributed by atoms with Gasteiger partial charge in [0, 0.05) is 37.2 Å². The van der Waals surface area contributed by atoms with Crippen molar-refractivity contribution >= 4 is 0 Å². The number of rotatable bonds is 5. The van der Waals surface area contributed by atoms with Crippen LogP contribution in [0.25, 0.3) is 11.3 Å². The lowest BCUT2D eigenvalue weighted by Crippen LogP contribution is -2.31. The summed E-state index contributed by atoms with van der Waals surface area (Å²) in [6, 6.07) is 13.3. The molecular weight excluding hydrogens is 350 g/mol. The van der Waals surface area contributed by atoms with Gasteiger partial charge in [-0.2, -0.15) is 0 Å². The van der Waals surface area contributed by atoms with Gasteiger partial charge < -0.3 is 9.63 Å². The molecule has 0 radical (unpaired) electrons. The molecule has 4 rings (SSSR count). The van der Waals surface area contributed by atoms with Crippen molar-refractivity contribution in [3.63, 3.8) is 0 Å². The number of hydrogen-bond acceptors (Lipinski definition) is 4. The minimum Gasteiger partial charge on any atom is -0.388 e. The maximum Gasteiger partial charge on any atom is 0.159 e. The molecule has 0 aliphatic carbocycles. The number of nitrogens with zero attached hydrogens (tertiary/aromatic N) is 2. The second-order valence-corrected chi connectivity index (χ2v) is 6.80. The molecule has 0 saturated heterocycles. The molecular formula is C21H20F2N2O2. The Hall–Kier alpha value is -2.57. The standard InChI is InChI=1S/C21H20F2N2O2/c22-17-7-6-15(12-18(17)23)21-16-13-25(11-9-20(16)27-24-21)10-8-19(26)14-4-2-1-3-5-14/h1-7,12,19,26H,8-11,13H2/t19-/m1/s1. The van der Waals surface area contributed by atoms with E-state index in [1.165, 1.54) is 6.07 Å². The van der Waals surface area contributed by atoms with Gasteiger partial charge in [0.2, 0.25) is 0 Å². The summed E-state index contributed by atoms with van der Waals surface area (Å²) >= 11 is 0. The van der Waals surface area contributed by atoms with Gasteiger partial charge in [0.05, 0.1) is 6.10 Å². The fraction of sp³-hybridized carbons (Fsp3) is 0.286. The quantitative estimate of drug-likeness (QED) is 0.735. The first-order valence-electron chi connectivity index (χ1n) is 9.00.